The van der Waals surface area contributed by atoms with E-state index in [1.165, 1.54) is 23.3 Å². The molecule has 1 aliphatic carbocycles. The number of hydrogen-bond donors (Lipinski definition) is 1. The monoisotopic (exact) mass is 464 g/mol. The zero-order valence-corrected chi connectivity index (χ0v) is 20.1. The minimum absolute atomic E-state index is 0.0102. The number of aryl methyl sites for hydroxylation is 2. The highest BCUT2D eigenvalue weighted by molar-refractivity contribution is 7.10. The maximum Gasteiger partial charge on any atom is 0.255 e. The summed E-state index contributed by atoms with van der Waals surface area (Å²) in [6, 6.07) is 2.31. The molecule has 1 unspecified atom stereocenters. The quantitative estimate of drug-likeness (QED) is 0.636. The molecule has 2 N–H and O–H groups in total. The van der Waals surface area contributed by atoms with Crippen molar-refractivity contribution in [1.29, 1.82) is 0 Å². The van der Waals surface area contributed by atoms with E-state index in [1.54, 1.807) is 11.3 Å². The Balaban J connectivity index is 1.32. The van der Waals surface area contributed by atoms with Gasteiger partial charge in [0.1, 0.15) is 5.82 Å². The first-order chi connectivity index (χ1) is 16.1. The Labute approximate surface area is 198 Å². The van der Waals surface area contributed by atoms with Crippen molar-refractivity contribution in [3.63, 3.8) is 0 Å². The molecule has 2 saturated heterocycles. The Morgan fingerprint density at radius 1 is 1.15 bits per heavy atom. The standard InChI is InChI=1S/C25H32N6OS/c1-16-13-31-23(27-24(16)29-11-9-17(26)14-29)12-20(28-31)21-7-4-5-10-30(21)25(32)19-15-33-22-8-3-2-6-18(19)22/h12-13,15,17,21H,2-11,14,26H2,1H3/t17?,21-/m0/s1. The number of carbonyl (C=O) groups excluding carboxylic acids is 1. The molecule has 0 aromatic carbocycles. The number of thiophene rings is 1. The number of hydrogen-bond acceptors (Lipinski definition) is 6. The van der Waals surface area contributed by atoms with Gasteiger partial charge in [0.25, 0.3) is 5.91 Å². The van der Waals surface area contributed by atoms with E-state index in [-0.39, 0.29) is 18.0 Å². The van der Waals surface area contributed by atoms with Crippen molar-refractivity contribution < 1.29 is 4.79 Å². The fraction of sp³-hybridized carbons (Fsp3) is 0.560. The Morgan fingerprint density at radius 3 is 2.88 bits per heavy atom. The number of nitrogens with two attached hydrogens (primary N) is 1. The third-order valence-electron chi connectivity index (χ3n) is 7.55. The Bertz CT molecular complexity index is 1200. The number of aromatic nitrogens is 3. The number of nitrogens with zero attached hydrogens (tertiary/aromatic N) is 5. The lowest BCUT2D eigenvalue weighted by Crippen LogP contribution is -2.39. The zero-order valence-electron chi connectivity index (χ0n) is 19.3. The highest BCUT2D eigenvalue weighted by Gasteiger charge is 2.33. The van der Waals surface area contributed by atoms with Gasteiger partial charge >= 0.3 is 0 Å². The van der Waals surface area contributed by atoms with E-state index in [9.17, 15) is 4.79 Å². The molecule has 3 aliphatic rings. The Hall–Kier alpha value is -2.45. The molecular weight excluding hydrogens is 432 g/mol. The Morgan fingerprint density at radius 2 is 2.03 bits per heavy atom. The van der Waals surface area contributed by atoms with Gasteiger partial charge in [-0.15, -0.1) is 11.3 Å². The molecule has 1 amide bonds. The smallest absolute Gasteiger partial charge is 0.255 e. The van der Waals surface area contributed by atoms with E-state index >= 15 is 0 Å². The predicted molar refractivity (Wildman–Crippen MR) is 131 cm³/mol. The summed E-state index contributed by atoms with van der Waals surface area (Å²) >= 11 is 1.77. The average molecular weight is 465 g/mol. The zero-order chi connectivity index (χ0) is 22.5. The first-order valence-corrected chi connectivity index (χ1v) is 13.2. The van der Waals surface area contributed by atoms with Crippen LogP contribution in [-0.2, 0) is 12.8 Å². The number of anilines is 1. The van der Waals surface area contributed by atoms with Gasteiger partial charge in [0, 0.05) is 53.8 Å². The second-order valence-corrected chi connectivity index (χ2v) is 10.8. The summed E-state index contributed by atoms with van der Waals surface area (Å²) in [4.78, 5) is 24.4. The van der Waals surface area contributed by atoms with E-state index in [0.29, 0.717) is 0 Å². The maximum absolute atomic E-state index is 13.7. The van der Waals surface area contributed by atoms with E-state index in [0.717, 1.165) is 86.4 Å². The molecule has 6 rings (SSSR count). The highest BCUT2D eigenvalue weighted by atomic mass is 32.1. The first-order valence-electron chi connectivity index (χ1n) is 12.4. The Kier molecular flexibility index (Phi) is 5.37. The molecule has 33 heavy (non-hydrogen) atoms. The van der Waals surface area contributed by atoms with Crippen LogP contribution in [0.3, 0.4) is 0 Å². The van der Waals surface area contributed by atoms with Crippen molar-refractivity contribution in [1.82, 2.24) is 19.5 Å². The maximum atomic E-state index is 13.7. The lowest BCUT2D eigenvalue weighted by atomic mass is 9.93. The van der Waals surface area contributed by atoms with E-state index in [4.69, 9.17) is 15.8 Å². The predicted octanol–water partition coefficient (Wildman–Crippen LogP) is 3.88. The minimum Gasteiger partial charge on any atom is -0.355 e. The molecule has 0 saturated carbocycles. The molecule has 3 aromatic heterocycles. The number of rotatable bonds is 3. The largest absolute Gasteiger partial charge is 0.355 e. The summed E-state index contributed by atoms with van der Waals surface area (Å²) in [6.45, 7) is 4.68. The van der Waals surface area contributed by atoms with Crippen molar-refractivity contribution in [2.24, 2.45) is 5.73 Å². The second-order valence-electron chi connectivity index (χ2n) is 9.88. The molecule has 2 atom stereocenters. The van der Waals surface area contributed by atoms with Crippen molar-refractivity contribution in [3.8, 4) is 0 Å². The minimum atomic E-state index is 0.0102. The number of piperidine rings is 1. The second kappa shape index (κ2) is 8.40. The van der Waals surface area contributed by atoms with E-state index in [2.05, 4.69) is 34.4 Å². The number of carbonyl (C=O) groups is 1. The van der Waals surface area contributed by atoms with Crippen LogP contribution in [0, 0.1) is 6.92 Å². The van der Waals surface area contributed by atoms with Crippen LogP contribution in [0.15, 0.2) is 17.6 Å². The highest BCUT2D eigenvalue weighted by Crippen LogP contribution is 2.36. The number of likely N-dealkylation sites (tertiary alicyclic amines) is 1. The molecule has 8 heteroatoms. The summed E-state index contributed by atoms with van der Waals surface area (Å²) in [5.74, 6) is 1.19. The molecule has 0 spiro atoms. The van der Waals surface area contributed by atoms with Gasteiger partial charge in [0.15, 0.2) is 5.65 Å². The van der Waals surface area contributed by atoms with E-state index in [1.807, 2.05) is 4.52 Å². The van der Waals surface area contributed by atoms with Gasteiger partial charge in [-0.1, -0.05) is 0 Å². The SMILES string of the molecule is Cc1cn2nc([C@@H]3CCCCN3C(=O)c3csc4c3CCCC4)cc2nc1N1CCC(N)C1. The van der Waals surface area contributed by atoms with Gasteiger partial charge in [0.2, 0.25) is 0 Å². The summed E-state index contributed by atoms with van der Waals surface area (Å²) in [7, 11) is 0. The van der Waals surface area contributed by atoms with Crippen molar-refractivity contribution in [3.05, 3.63) is 44.9 Å². The van der Waals surface area contributed by atoms with Crippen LogP contribution < -0.4 is 10.6 Å². The van der Waals surface area contributed by atoms with Crippen molar-refractivity contribution in [2.75, 3.05) is 24.5 Å². The molecule has 174 valence electrons. The molecule has 2 aliphatic heterocycles. The molecule has 5 heterocycles. The lowest BCUT2D eigenvalue weighted by Gasteiger charge is -2.35. The number of amides is 1. The van der Waals surface area contributed by atoms with Gasteiger partial charge < -0.3 is 15.5 Å². The van der Waals surface area contributed by atoms with Gasteiger partial charge in [-0.2, -0.15) is 5.10 Å². The van der Waals surface area contributed by atoms with Gasteiger partial charge in [-0.3, -0.25) is 4.79 Å². The summed E-state index contributed by atoms with van der Waals surface area (Å²) < 4.78 is 1.88. The van der Waals surface area contributed by atoms with Crippen molar-refractivity contribution in [2.45, 2.75) is 70.4 Å². The van der Waals surface area contributed by atoms with E-state index < -0.39 is 0 Å². The fourth-order valence-corrected chi connectivity index (χ4v) is 6.91. The van der Waals surface area contributed by atoms with Crippen LogP contribution in [0.25, 0.3) is 5.65 Å². The summed E-state index contributed by atoms with van der Waals surface area (Å²) in [5, 5.41) is 7.00. The molecule has 3 aromatic rings. The third kappa shape index (κ3) is 3.73. The van der Waals surface area contributed by atoms with Crippen LogP contribution in [0.2, 0.25) is 0 Å². The van der Waals surface area contributed by atoms with Crippen LogP contribution in [0.4, 0.5) is 5.82 Å². The van der Waals surface area contributed by atoms with Crippen LogP contribution >= 0.6 is 11.3 Å². The number of fused-ring (bicyclic) bond motifs is 2. The molecule has 7 nitrogen and oxygen atoms in total. The molecule has 0 bridgehead atoms. The van der Waals surface area contributed by atoms with Crippen LogP contribution in [0.5, 0.6) is 0 Å². The molecule has 2 fully saturated rings. The normalized spacial score (nSPS) is 23.3. The topological polar surface area (TPSA) is 79.8 Å². The third-order valence-corrected chi connectivity index (χ3v) is 8.63. The van der Waals surface area contributed by atoms with Crippen LogP contribution in [-0.4, -0.2) is 51.1 Å². The molecular formula is C25H32N6OS. The fourth-order valence-electron chi connectivity index (χ4n) is 5.79. The van der Waals surface area contributed by atoms with Gasteiger partial charge in [-0.05, 0) is 63.9 Å². The van der Waals surface area contributed by atoms with Gasteiger partial charge in [-0.25, -0.2) is 9.50 Å². The average Bonchev–Trinajstić information content (AvgIpc) is 3.55. The lowest BCUT2D eigenvalue weighted by molar-refractivity contribution is 0.0605. The first kappa shape index (κ1) is 21.1. The summed E-state index contributed by atoms with van der Waals surface area (Å²) in [5.41, 5.74) is 11.3. The molecule has 0 radical (unpaired) electrons. The van der Waals surface area contributed by atoms with Gasteiger partial charge in [0.05, 0.1) is 17.3 Å². The van der Waals surface area contributed by atoms with Crippen LogP contribution in [0.1, 0.15) is 76.6 Å². The van der Waals surface area contributed by atoms with Crippen molar-refractivity contribution >= 4 is 28.7 Å². The summed E-state index contributed by atoms with van der Waals surface area (Å²) in [6.07, 6.45) is 10.8.